The molecule has 0 aromatic carbocycles. The summed E-state index contributed by atoms with van der Waals surface area (Å²) >= 11 is 0. The van der Waals surface area contributed by atoms with Crippen molar-refractivity contribution in [2.45, 2.75) is 220 Å². The van der Waals surface area contributed by atoms with Crippen LogP contribution >= 0.6 is 0 Å². The third-order valence-electron chi connectivity index (χ3n) is 11.5. The lowest BCUT2D eigenvalue weighted by molar-refractivity contribution is 0.157. The predicted molar refractivity (Wildman–Crippen MR) is 251 cm³/mol. The van der Waals surface area contributed by atoms with Gasteiger partial charge >= 0.3 is 11.4 Å². The van der Waals surface area contributed by atoms with Crippen LogP contribution in [0.3, 0.4) is 0 Å². The molecule has 0 bridgehead atoms. The monoisotopic (exact) mass is 847 g/mol. The number of hydrogen-bond acceptors (Lipinski definition) is 8. The first-order valence-corrected chi connectivity index (χ1v) is 24.3. The Hall–Kier alpha value is -2.80. The first kappa shape index (κ1) is 55.2. The maximum Gasteiger partial charge on any atom is 0.330 e. The Morgan fingerprint density at radius 2 is 0.767 bits per heavy atom. The topological polar surface area (TPSA) is 153 Å². The minimum absolute atomic E-state index is 0.164. The van der Waals surface area contributed by atoms with E-state index in [1.165, 1.54) is 127 Å². The van der Waals surface area contributed by atoms with Gasteiger partial charge in [0, 0.05) is 63.8 Å². The Bertz CT molecular complexity index is 1530. The van der Waals surface area contributed by atoms with Crippen molar-refractivity contribution in [1.29, 1.82) is 0 Å². The van der Waals surface area contributed by atoms with Gasteiger partial charge in [-0.05, 0) is 71.9 Å². The molecule has 2 unspecified atom stereocenters. The van der Waals surface area contributed by atoms with Crippen molar-refractivity contribution in [3.63, 3.8) is 0 Å². The van der Waals surface area contributed by atoms with E-state index >= 15 is 0 Å². The number of unbranched alkanes of at least 4 members (excludes halogenated alkanes) is 20. The number of aliphatic hydroxyl groups excluding tert-OH is 2. The average Bonchev–Trinajstić information content (AvgIpc) is 3.22. The summed E-state index contributed by atoms with van der Waals surface area (Å²) in [5.41, 5.74) is 0.313. The molecule has 0 saturated heterocycles. The molecule has 2 aromatic heterocycles. The molecule has 0 aliphatic heterocycles. The molecular weight excluding hydrogens is 757 g/mol. The highest BCUT2D eigenvalue weighted by molar-refractivity contribution is 5.03. The lowest BCUT2D eigenvalue weighted by atomic mass is 10.1. The number of nitrogens with zero attached hydrogens (tertiary/aromatic N) is 4. The highest BCUT2D eigenvalue weighted by Gasteiger charge is 2.09. The fourth-order valence-corrected chi connectivity index (χ4v) is 7.69. The van der Waals surface area contributed by atoms with Gasteiger partial charge in [0.1, 0.15) is 0 Å². The molecule has 12 nitrogen and oxygen atoms in total. The van der Waals surface area contributed by atoms with Crippen LogP contribution in [-0.2, 0) is 27.2 Å². The Balaban J connectivity index is 0.000000601. The molecule has 12 heteroatoms. The second kappa shape index (κ2) is 35.8. The third-order valence-corrected chi connectivity index (χ3v) is 11.5. The van der Waals surface area contributed by atoms with Gasteiger partial charge in [-0.25, -0.2) is 9.59 Å². The smallest absolute Gasteiger partial charge is 0.330 e. The Morgan fingerprint density at radius 1 is 0.467 bits per heavy atom. The third kappa shape index (κ3) is 25.9. The number of aryl methyl sites for hydroxylation is 4. The molecule has 0 aliphatic rings. The summed E-state index contributed by atoms with van der Waals surface area (Å²) < 4.78 is 5.58. The van der Waals surface area contributed by atoms with E-state index in [2.05, 4.69) is 24.5 Å². The SMILES string of the molecule is CCCCCCCCCCCNCC(O)CCCCn1c(=O)c(C)cn(C)c1=O.CCCCCCCCNCC(O)CCCCCCCCCn1c(=O)c(C)cn(C)c1=O. The molecule has 0 saturated carbocycles. The number of nitrogens with one attached hydrogen (secondary N) is 2. The maximum atomic E-state index is 12.1. The van der Waals surface area contributed by atoms with Crippen LogP contribution in [0, 0.1) is 13.8 Å². The molecule has 0 aliphatic carbocycles. The lowest BCUT2D eigenvalue weighted by Gasteiger charge is -2.12. The largest absolute Gasteiger partial charge is 0.392 e. The molecule has 0 radical (unpaired) electrons. The normalized spacial score (nSPS) is 12.4. The summed E-state index contributed by atoms with van der Waals surface area (Å²) in [6.07, 6.45) is 33.0. The highest BCUT2D eigenvalue weighted by atomic mass is 16.3. The summed E-state index contributed by atoms with van der Waals surface area (Å²) in [5.74, 6) is 0. The average molecular weight is 847 g/mol. The highest BCUT2D eigenvalue weighted by Crippen LogP contribution is 2.11. The van der Waals surface area contributed by atoms with E-state index in [4.69, 9.17) is 0 Å². The van der Waals surface area contributed by atoms with Gasteiger partial charge in [-0.3, -0.25) is 18.7 Å². The van der Waals surface area contributed by atoms with E-state index < -0.39 is 0 Å². The van der Waals surface area contributed by atoms with Crippen LogP contribution in [-0.4, -0.2) is 66.9 Å². The quantitative estimate of drug-likeness (QED) is 0.0508. The Morgan fingerprint density at radius 3 is 1.15 bits per heavy atom. The van der Waals surface area contributed by atoms with Crippen LogP contribution in [0.4, 0.5) is 0 Å². The summed E-state index contributed by atoms with van der Waals surface area (Å²) in [5, 5.41) is 26.9. The standard InChI is InChI=1S/C25H47N3O3.C23H43N3O3/c1-4-5-6-7-12-15-18-26-20-23(29)17-14-11-9-8-10-13-16-19-28-24(30)22(2)21-27(3)25(28)31;1-4-5-6-7-8-9-10-11-13-16-24-18-21(27)15-12-14-17-26-22(28)20(2)19-25(3)23(26)29/h21,23,26,29H,4-20H2,1-3H3;19,21,24,27H,4-18H2,1-3H3. The zero-order valence-corrected chi connectivity index (χ0v) is 39.3. The molecule has 0 spiro atoms. The van der Waals surface area contributed by atoms with Crippen LogP contribution in [0.25, 0.3) is 0 Å². The molecule has 2 aromatic rings. The summed E-state index contributed by atoms with van der Waals surface area (Å²) in [6.45, 7) is 12.2. The molecule has 60 heavy (non-hydrogen) atoms. The van der Waals surface area contributed by atoms with Gasteiger partial charge < -0.3 is 30.0 Å². The molecule has 2 atom stereocenters. The molecule has 4 N–H and O–H groups in total. The van der Waals surface area contributed by atoms with Crippen molar-refractivity contribution in [2.75, 3.05) is 26.2 Å². The van der Waals surface area contributed by atoms with E-state index in [0.29, 0.717) is 50.1 Å². The van der Waals surface area contributed by atoms with Crippen molar-refractivity contribution in [3.8, 4) is 0 Å². The first-order valence-electron chi connectivity index (χ1n) is 24.3. The molecule has 2 heterocycles. The van der Waals surface area contributed by atoms with Gasteiger partial charge in [-0.15, -0.1) is 0 Å². The summed E-state index contributed by atoms with van der Waals surface area (Å²) in [4.78, 5) is 48.3. The van der Waals surface area contributed by atoms with Gasteiger partial charge in [-0.1, -0.05) is 136 Å². The van der Waals surface area contributed by atoms with Crippen LogP contribution in [0.5, 0.6) is 0 Å². The van der Waals surface area contributed by atoms with Gasteiger partial charge in [0.2, 0.25) is 0 Å². The van der Waals surface area contributed by atoms with E-state index in [9.17, 15) is 29.4 Å². The van der Waals surface area contributed by atoms with Gasteiger partial charge in [0.15, 0.2) is 0 Å². The van der Waals surface area contributed by atoms with Crippen LogP contribution in [0.1, 0.15) is 192 Å². The fraction of sp³-hybridized carbons (Fsp3) is 0.833. The van der Waals surface area contributed by atoms with Crippen LogP contribution in [0.15, 0.2) is 31.6 Å². The van der Waals surface area contributed by atoms with E-state index in [1.54, 1.807) is 40.3 Å². The Kier molecular flexibility index (Phi) is 32.9. The molecular formula is C48H90N6O6. The minimum Gasteiger partial charge on any atom is -0.392 e. The zero-order chi connectivity index (χ0) is 44.4. The minimum atomic E-state index is -0.370. The second-order valence-electron chi connectivity index (χ2n) is 17.4. The van der Waals surface area contributed by atoms with Crippen molar-refractivity contribution in [2.24, 2.45) is 14.1 Å². The zero-order valence-electron chi connectivity index (χ0n) is 39.3. The molecule has 2 rings (SSSR count). The van der Waals surface area contributed by atoms with Gasteiger partial charge in [-0.2, -0.15) is 0 Å². The molecule has 348 valence electrons. The number of aromatic nitrogens is 4. The lowest BCUT2D eigenvalue weighted by Crippen LogP contribution is -2.39. The van der Waals surface area contributed by atoms with Crippen molar-refractivity contribution < 1.29 is 10.2 Å². The van der Waals surface area contributed by atoms with Crippen LogP contribution in [0.2, 0.25) is 0 Å². The number of hydrogen-bond donors (Lipinski definition) is 4. The summed E-state index contributed by atoms with van der Waals surface area (Å²) in [6, 6.07) is 0. The van der Waals surface area contributed by atoms with Crippen LogP contribution < -0.4 is 33.1 Å². The number of aliphatic hydroxyl groups is 2. The molecule has 0 amide bonds. The second-order valence-corrected chi connectivity index (χ2v) is 17.4. The summed E-state index contributed by atoms with van der Waals surface area (Å²) in [7, 11) is 3.35. The number of rotatable bonds is 36. The van der Waals surface area contributed by atoms with Crippen molar-refractivity contribution >= 4 is 0 Å². The maximum absolute atomic E-state index is 12.1. The van der Waals surface area contributed by atoms with Gasteiger partial charge in [0.25, 0.3) is 11.1 Å². The van der Waals surface area contributed by atoms with E-state index in [1.807, 2.05) is 0 Å². The molecule has 0 fully saturated rings. The van der Waals surface area contributed by atoms with E-state index in [0.717, 1.165) is 58.0 Å². The van der Waals surface area contributed by atoms with E-state index in [-0.39, 0.29) is 34.7 Å². The van der Waals surface area contributed by atoms with Crippen molar-refractivity contribution in [3.05, 3.63) is 65.2 Å². The van der Waals surface area contributed by atoms with Gasteiger partial charge in [0.05, 0.1) is 12.2 Å². The fourth-order valence-electron chi connectivity index (χ4n) is 7.69. The first-order chi connectivity index (χ1) is 28.9. The van der Waals surface area contributed by atoms with Crippen molar-refractivity contribution in [1.82, 2.24) is 28.9 Å². The Labute approximate surface area is 363 Å². The predicted octanol–water partition coefficient (Wildman–Crippen LogP) is 7.79.